The Morgan fingerprint density at radius 3 is 2.92 bits per heavy atom. The van der Waals surface area contributed by atoms with Gasteiger partial charge in [0, 0.05) is 10.4 Å². The lowest BCUT2D eigenvalue weighted by Gasteiger charge is -1.99. The van der Waals surface area contributed by atoms with Crippen LogP contribution in [0.25, 0.3) is 0 Å². The molecule has 0 bridgehead atoms. The zero-order chi connectivity index (χ0) is 9.84. The fourth-order valence-corrected chi connectivity index (χ4v) is 1.54. The largest absolute Gasteiger partial charge is 0.345 e. The predicted molar refractivity (Wildman–Crippen MR) is 54.5 cm³/mol. The SMILES string of the molecule is C=C(Cl)CNC(=O)c1nc(Cl)cs1. The molecule has 0 aromatic carbocycles. The van der Waals surface area contributed by atoms with Gasteiger partial charge in [-0.05, 0) is 0 Å². The summed E-state index contributed by atoms with van der Waals surface area (Å²) in [6.45, 7) is 3.67. The maximum atomic E-state index is 11.2. The third-order valence-corrected chi connectivity index (χ3v) is 2.41. The molecule has 0 fully saturated rings. The zero-order valence-corrected chi connectivity index (χ0v) is 8.84. The average Bonchev–Trinajstić information content (AvgIpc) is 2.47. The number of hydrogen-bond donors (Lipinski definition) is 1. The summed E-state index contributed by atoms with van der Waals surface area (Å²) in [5.41, 5.74) is 0. The summed E-state index contributed by atoms with van der Waals surface area (Å²) in [5.74, 6) is -0.293. The van der Waals surface area contributed by atoms with Gasteiger partial charge in [0.1, 0.15) is 5.15 Å². The van der Waals surface area contributed by atoms with E-state index in [1.54, 1.807) is 5.38 Å². The van der Waals surface area contributed by atoms with Crippen LogP contribution >= 0.6 is 34.5 Å². The molecule has 0 spiro atoms. The van der Waals surface area contributed by atoms with E-state index in [0.717, 1.165) is 0 Å². The molecule has 0 aliphatic heterocycles. The second kappa shape index (κ2) is 4.60. The van der Waals surface area contributed by atoms with Crippen molar-refractivity contribution in [2.45, 2.75) is 0 Å². The van der Waals surface area contributed by atoms with Gasteiger partial charge in [-0.2, -0.15) is 0 Å². The van der Waals surface area contributed by atoms with Crippen molar-refractivity contribution in [3.63, 3.8) is 0 Å². The van der Waals surface area contributed by atoms with E-state index in [9.17, 15) is 4.79 Å². The van der Waals surface area contributed by atoms with Crippen LogP contribution in [0, 0.1) is 0 Å². The molecule has 70 valence electrons. The Morgan fingerprint density at radius 1 is 1.77 bits per heavy atom. The van der Waals surface area contributed by atoms with Crippen LogP contribution in [0.2, 0.25) is 5.15 Å². The summed E-state index contributed by atoms with van der Waals surface area (Å²) in [6, 6.07) is 0. The number of aromatic nitrogens is 1. The van der Waals surface area contributed by atoms with Gasteiger partial charge in [-0.25, -0.2) is 4.98 Å². The van der Waals surface area contributed by atoms with Crippen molar-refractivity contribution in [1.82, 2.24) is 10.3 Å². The highest BCUT2D eigenvalue weighted by Gasteiger charge is 2.09. The first-order valence-electron chi connectivity index (χ1n) is 3.32. The fraction of sp³-hybridized carbons (Fsp3) is 0.143. The molecule has 0 saturated heterocycles. The van der Waals surface area contributed by atoms with Crippen LogP contribution in [0.4, 0.5) is 0 Å². The Kier molecular flexibility index (Phi) is 3.71. The van der Waals surface area contributed by atoms with Crippen molar-refractivity contribution in [1.29, 1.82) is 0 Å². The highest BCUT2D eigenvalue weighted by Crippen LogP contribution is 2.13. The van der Waals surface area contributed by atoms with Crippen LogP contribution in [-0.4, -0.2) is 17.4 Å². The normalized spacial score (nSPS) is 9.69. The lowest BCUT2D eigenvalue weighted by molar-refractivity contribution is 0.0957. The summed E-state index contributed by atoms with van der Waals surface area (Å²) >= 11 is 12.2. The molecule has 0 atom stereocenters. The minimum atomic E-state index is -0.293. The maximum Gasteiger partial charge on any atom is 0.280 e. The maximum absolute atomic E-state index is 11.2. The molecule has 3 nitrogen and oxygen atoms in total. The summed E-state index contributed by atoms with van der Waals surface area (Å²) in [7, 11) is 0. The lowest BCUT2D eigenvalue weighted by atomic mass is 10.5. The Labute approximate surface area is 89.4 Å². The van der Waals surface area contributed by atoms with Gasteiger partial charge in [0.2, 0.25) is 0 Å². The van der Waals surface area contributed by atoms with Gasteiger partial charge in [-0.15, -0.1) is 11.3 Å². The van der Waals surface area contributed by atoms with E-state index in [1.807, 2.05) is 0 Å². The molecule has 0 aliphatic carbocycles. The molecule has 1 amide bonds. The van der Waals surface area contributed by atoms with Crippen LogP contribution in [0.1, 0.15) is 9.80 Å². The molecule has 1 rings (SSSR count). The standard InChI is InChI=1S/C7H6Cl2N2OS/c1-4(8)2-10-6(12)7-11-5(9)3-13-7/h3H,1-2H2,(H,10,12). The van der Waals surface area contributed by atoms with Crippen molar-refractivity contribution in [2.75, 3.05) is 6.54 Å². The molecule has 1 aromatic heterocycles. The van der Waals surface area contributed by atoms with Crippen LogP contribution < -0.4 is 5.32 Å². The number of carbonyl (C=O) groups is 1. The number of nitrogens with zero attached hydrogens (tertiary/aromatic N) is 1. The van der Waals surface area contributed by atoms with Crippen molar-refractivity contribution < 1.29 is 4.79 Å². The fourth-order valence-electron chi connectivity index (χ4n) is 0.610. The summed E-state index contributed by atoms with van der Waals surface area (Å²) in [4.78, 5) is 15.0. The van der Waals surface area contributed by atoms with Crippen molar-refractivity contribution in [3.8, 4) is 0 Å². The van der Waals surface area contributed by atoms with E-state index < -0.39 is 0 Å². The van der Waals surface area contributed by atoms with E-state index in [0.29, 0.717) is 15.2 Å². The Bertz CT molecular complexity index is 337. The van der Waals surface area contributed by atoms with Crippen LogP contribution in [0.15, 0.2) is 17.0 Å². The van der Waals surface area contributed by atoms with E-state index in [-0.39, 0.29) is 12.5 Å². The smallest absolute Gasteiger partial charge is 0.280 e. The minimum absolute atomic E-state index is 0.234. The van der Waals surface area contributed by atoms with E-state index in [1.165, 1.54) is 11.3 Å². The lowest BCUT2D eigenvalue weighted by Crippen LogP contribution is -2.24. The Hall–Kier alpha value is -0.580. The topological polar surface area (TPSA) is 42.0 Å². The molecule has 0 radical (unpaired) electrons. The monoisotopic (exact) mass is 236 g/mol. The highest BCUT2D eigenvalue weighted by molar-refractivity contribution is 7.12. The number of hydrogen-bond acceptors (Lipinski definition) is 3. The third kappa shape index (κ3) is 3.34. The van der Waals surface area contributed by atoms with Gasteiger partial charge < -0.3 is 5.32 Å². The summed E-state index contributed by atoms with van der Waals surface area (Å²) in [6.07, 6.45) is 0. The van der Waals surface area contributed by atoms with Gasteiger partial charge >= 0.3 is 0 Å². The molecule has 0 aliphatic rings. The number of nitrogens with one attached hydrogen (secondary N) is 1. The first-order valence-corrected chi connectivity index (χ1v) is 4.95. The molecule has 0 saturated carbocycles. The Morgan fingerprint density at radius 2 is 2.46 bits per heavy atom. The summed E-state index contributed by atoms with van der Waals surface area (Å²) in [5, 5.41) is 5.13. The second-order valence-electron chi connectivity index (χ2n) is 2.18. The molecular weight excluding hydrogens is 231 g/mol. The van der Waals surface area contributed by atoms with Gasteiger partial charge in [-0.1, -0.05) is 29.8 Å². The third-order valence-electron chi connectivity index (χ3n) is 1.11. The molecule has 13 heavy (non-hydrogen) atoms. The van der Waals surface area contributed by atoms with Crippen LogP contribution in [0.3, 0.4) is 0 Å². The molecule has 1 aromatic rings. The molecule has 6 heteroatoms. The number of amides is 1. The first-order chi connectivity index (χ1) is 6.09. The highest BCUT2D eigenvalue weighted by atomic mass is 35.5. The average molecular weight is 237 g/mol. The van der Waals surface area contributed by atoms with Crippen molar-refractivity contribution in [3.05, 3.63) is 27.2 Å². The van der Waals surface area contributed by atoms with Crippen molar-refractivity contribution >= 4 is 40.4 Å². The predicted octanol–water partition coefficient (Wildman–Crippen LogP) is 2.28. The number of carbonyl (C=O) groups excluding carboxylic acids is 1. The van der Waals surface area contributed by atoms with Gasteiger partial charge in [0.25, 0.3) is 5.91 Å². The second-order valence-corrected chi connectivity index (χ2v) is 3.96. The van der Waals surface area contributed by atoms with Crippen molar-refractivity contribution in [2.24, 2.45) is 0 Å². The van der Waals surface area contributed by atoms with Gasteiger partial charge in [-0.3, -0.25) is 4.79 Å². The van der Waals surface area contributed by atoms with Crippen LogP contribution in [0.5, 0.6) is 0 Å². The van der Waals surface area contributed by atoms with E-state index in [4.69, 9.17) is 23.2 Å². The number of rotatable bonds is 3. The van der Waals surface area contributed by atoms with Gasteiger partial charge in [0.15, 0.2) is 5.01 Å². The Balaban J connectivity index is 2.54. The number of thiazole rings is 1. The molecule has 1 N–H and O–H groups in total. The van der Waals surface area contributed by atoms with Crippen LogP contribution in [-0.2, 0) is 0 Å². The first kappa shape index (κ1) is 10.5. The van der Waals surface area contributed by atoms with E-state index in [2.05, 4.69) is 16.9 Å². The summed E-state index contributed by atoms with van der Waals surface area (Å²) < 4.78 is 0. The molecular formula is C7H6Cl2N2OS. The molecule has 0 unspecified atom stereocenters. The minimum Gasteiger partial charge on any atom is -0.345 e. The number of halogens is 2. The zero-order valence-electron chi connectivity index (χ0n) is 6.51. The van der Waals surface area contributed by atoms with Gasteiger partial charge in [0.05, 0.1) is 6.54 Å². The molecule has 1 heterocycles. The van der Waals surface area contributed by atoms with E-state index >= 15 is 0 Å². The quantitative estimate of drug-likeness (QED) is 0.876.